The topological polar surface area (TPSA) is 47.3 Å². The van der Waals surface area contributed by atoms with Gasteiger partial charge in [-0.1, -0.05) is 42.5 Å². The molecule has 0 bridgehead atoms. The van der Waals surface area contributed by atoms with Crippen LogP contribution in [0.4, 0.5) is 0 Å². The number of hydrogen-bond donors (Lipinski definition) is 0. The molecular weight excluding hydrogens is 356 g/mol. The third-order valence-corrected chi connectivity index (χ3v) is 7.33. The lowest BCUT2D eigenvalue weighted by atomic mass is 10.0. The summed E-state index contributed by atoms with van der Waals surface area (Å²) < 4.78 is 29.4. The van der Waals surface area contributed by atoms with E-state index in [1.165, 1.54) is 11.1 Å². The highest BCUT2D eigenvalue weighted by atomic mass is 32.2. The fourth-order valence-electron chi connectivity index (χ4n) is 2.85. The monoisotopic (exact) mass is 382 g/mol. The van der Waals surface area contributed by atoms with Gasteiger partial charge in [0.1, 0.15) is 5.76 Å². The van der Waals surface area contributed by atoms with E-state index in [0.717, 1.165) is 29.7 Å². The van der Waals surface area contributed by atoms with Crippen LogP contribution < -0.4 is 0 Å². The van der Waals surface area contributed by atoms with Crippen LogP contribution in [0.2, 0.25) is 0 Å². The molecule has 0 aliphatic rings. The molecule has 3 aromatic rings. The molecule has 0 amide bonds. The average Bonchev–Trinajstić information content (AvgIpc) is 3.15. The van der Waals surface area contributed by atoms with Crippen molar-refractivity contribution < 1.29 is 12.8 Å². The zero-order valence-corrected chi connectivity index (χ0v) is 16.9. The Morgan fingerprint density at radius 3 is 2.11 bits per heavy atom. The van der Waals surface area contributed by atoms with Crippen molar-refractivity contribution >= 4 is 9.84 Å². The fourth-order valence-corrected chi connectivity index (χ4v) is 3.91. The highest BCUT2D eigenvalue weighted by Gasteiger charge is 2.28. The smallest absolute Gasteiger partial charge is 0.159 e. The minimum atomic E-state index is -3.15. The summed E-state index contributed by atoms with van der Waals surface area (Å²) in [5, 5.41) is 0. The molecule has 0 atom stereocenters. The number of aryl methyl sites for hydroxylation is 2. The SMILES string of the molecule is CC(C)(C)S(=O)(=O)Cc1ccc(CCc2cccc(-c3ccco3)c2)cc1. The van der Waals surface area contributed by atoms with Crippen LogP contribution in [0.15, 0.2) is 71.3 Å². The first-order chi connectivity index (χ1) is 12.7. The van der Waals surface area contributed by atoms with Crippen molar-refractivity contribution in [3.8, 4) is 11.3 Å². The Morgan fingerprint density at radius 2 is 1.48 bits per heavy atom. The van der Waals surface area contributed by atoms with E-state index in [2.05, 4.69) is 12.1 Å². The van der Waals surface area contributed by atoms with Gasteiger partial charge in [-0.25, -0.2) is 8.42 Å². The zero-order valence-electron chi connectivity index (χ0n) is 16.1. The van der Waals surface area contributed by atoms with Gasteiger partial charge in [0.05, 0.1) is 16.8 Å². The minimum absolute atomic E-state index is 0.0853. The van der Waals surface area contributed by atoms with Gasteiger partial charge < -0.3 is 4.42 Å². The largest absolute Gasteiger partial charge is 0.464 e. The van der Waals surface area contributed by atoms with Crippen molar-refractivity contribution in [2.45, 2.75) is 44.1 Å². The summed E-state index contributed by atoms with van der Waals surface area (Å²) >= 11 is 0. The maximum absolute atomic E-state index is 12.3. The second kappa shape index (κ2) is 7.73. The van der Waals surface area contributed by atoms with Crippen molar-refractivity contribution in [2.24, 2.45) is 0 Å². The second-order valence-corrected chi connectivity index (χ2v) is 10.6. The van der Waals surface area contributed by atoms with E-state index in [4.69, 9.17) is 4.42 Å². The quantitative estimate of drug-likeness (QED) is 0.570. The summed E-state index contributed by atoms with van der Waals surface area (Å²) in [7, 11) is -3.15. The van der Waals surface area contributed by atoms with Gasteiger partial charge in [0, 0.05) is 5.56 Å². The molecule has 3 nitrogen and oxygen atoms in total. The number of sulfone groups is 1. The molecule has 0 fully saturated rings. The summed E-state index contributed by atoms with van der Waals surface area (Å²) in [6, 6.07) is 20.1. The molecule has 0 saturated heterocycles. The van der Waals surface area contributed by atoms with Gasteiger partial charge in [0.2, 0.25) is 0 Å². The molecule has 0 spiro atoms. The Morgan fingerprint density at radius 1 is 0.815 bits per heavy atom. The van der Waals surface area contributed by atoms with E-state index in [9.17, 15) is 8.42 Å². The van der Waals surface area contributed by atoms with Crippen molar-refractivity contribution in [1.82, 2.24) is 0 Å². The van der Waals surface area contributed by atoms with Crippen molar-refractivity contribution in [2.75, 3.05) is 0 Å². The van der Waals surface area contributed by atoms with Crippen LogP contribution in [-0.2, 0) is 28.4 Å². The second-order valence-electron chi connectivity index (χ2n) is 7.87. The molecule has 3 rings (SSSR count). The molecule has 4 heteroatoms. The van der Waals surface area contributed by atoms with Gasteiger partial charge in [0.25, 0.3) is 0 Å². The molecular formula is C23H26O3S. The molecule has 27 heavy (non-hydrogen) atoms. The van der Waals surface area contributed by atoms with E-state index < -0.39 is 14.6 Å². The lowest BCUT2D eigenvalue weighted by molar-refractivity contribution is 0.559. The van der Waals surface area contributed by atoms with E-state index in [1.807, 2.05) is 48.5 Å². The average molecular weight is 383 g/mol. The maximum atomic E-state index is 12.3. The molecule has 1 heterocycles. The summed E-state index contributed by atoms with van der Waals surface area (Å²) in [6.45, 7) is 5.23. The summed E-state index contributed by atoms with van der Waals surface area (Å²) in [5.41, 5.74) is 4.38. The predicted octanol–water partition coefficient (Wildman–Crippen LogP) is 5.45. The Hall–Kier alpha value is -2.33. The lowest BCUT2D eigenvalue weighted by Gasteiger charge is -2.19. The molecule has 1 aromatic heterocycles. The van der Waals surface area contributed by atoms with Crippen LogP contribution >= 0.6 is 0 Å². The van der Waals surface area contributed by atoms with Gasteiger partial charge in [0.15, 0.2) is 9.84 Å². The van der Waals surface area contributed by atoms with E-state index in [0.29, 0.717) is 0 Å². The Labute approximate surface area is 162 Å². The first kappa shape index (κ1) is 19.4. The lowest BCUT2D eigenvalue weighted by Crippen LogP contribution is -2.29. The van der Waals surface area contributed by atoms with Crippen molar-refractivity contribution in [3.63, 3.8) is 0 Å². The van der Waals surface area contributed by atoms with Gasteiger partial charge >= 0.3 is 0 Å². The predicted molar refractivity (Wildman–Crippen MR) is 110 cm³/mol. The molecule has 0 aliphatic carbocycles. The molecule has 142 valence electrons. The highest BCUT2D eigenvalue weighted by Crippen LogP contribution is 2.23. The first-order valence-electron chi connectivity index (χ1n) is 9.17. The number of benzene rings is 2. The van der Waals surface area contributed by atoms with Crippen LogP contribution in [0, 0.1) is 0 Å². The summed E-state index contributed by atoms with van der Waals surface area (Å²) in [6.07, 6.45) is 3.52. The van der Waals surface area contributed by atoms with Gasteiger partial charge in [-0.3, -0.25) is 0 Å². The number of furan rings is 1. The van der Waals surface area contributed by atoms with Crippen LogP contribution in [-0.4, -0.2) is 13.2 Å². The fraction of sp³-hybridized carbons (Fsp3) is 0.304. The molecule has 0 N–H and O–H groups in total. The van der Waals surface area contributed by atoms with E-state index >= 15 is 0 Å². The maximum Gasteiger partial charge on any atom is 0.159 e. The third-order valence-electron chi connectivity index (χ3n) is 4.75. The molecule has 2 aromatic carbocycles. The molecule has 0 aliphatic heterocycles. The number of hydrogen-bond acceptors (Lipinski definition) is 3. The van der Waals surface area contributed by atoms with Crippen LogP contribution in [0.1, 0.15) is 37.5 Å². The standard InChI is InChI=1S/C23H26O3S/c1-23(2,3)27(24,25)17-20-13-10-18(11-14-20)9-12-19-6-4-7-21(16-19)22-8-5-15-26-22/h4-8,10-11,13-16H,9,12,17H2,1-3H3. The Bertz CT molecular complexity index is 977. The van der Waals surface area contributed by atoms with E-state index in [-0.39, 0.29) is 5.75 Å². The normalized spacial score (nSPS) is 12.3. The van der Waals surface area contributed by atoms with E-state index in [1.54, 1.807) is 27.0 Å². The third kappa shape index (κ3) is 4.89. The Balaban J connectivity index is 1.63. The molecule has 0 unspecified atom stereocenters. The van der Waals surface area contributed by atoms with Crippen molar-refractivity contribution in [3.05, 3.63) is 83.6 Å². The highest BCUT2D eigenvalue weighted by molar-refractivity contribution is 7.91. The Kier molecular flexibility index (Phi) is 5.56. The summed E-state index contributed by atoms with van der Waals surface area (Å²) in [4.78, 5) is 0. The van der Waals surface area contributed by atoms with Gasteiger partial charge in [-0.2, -0.15) is 0 Å². The summed E-state index contributed by atoms with van der Waals surface area (Å²) in [5.74, 6) is 0.961. The van der Waals surface area contributed by atoms with Crippen LogP contribution in [0.25, 0.3) is 11.3 Å². The minimum Gasteiger partial charge on any atom is -0.464 e. The van der Waals surface area contributed by atoms with Crippen LogP contribution in [0.3, 0.4) is 0 Å². The van der Waals surface area contributed by atoms with Gasteiger partial charge in [-0.15, -0.1) is 0 Å². The molecule has 0 radical (unpaired) electrons. The zero-order chi connectivity index (χ0) is 19.5. The first-order valence-corrected chi connectivity index (χ1v) is 10.8. The van der Waals surface area contributed by atoms with Crippen molar-refractivity contribution in [1.29, 1.82) is 0 Å². The molecule has 0 saturated carbocycles. The number of rotatable bonds is 6. The van der Waals surface area contributed by atoms with Crippen LogP contribution in [0.5, 0.6) is 0 Å². The van der Waals surface area contributed by atoms with Gasteiger partial charge in [-0.05, 0) is 68.5 Å².